The molecule has 1 amide bonds. The summed E-state index contributed by atoms with van der Waals surface area (Å²) in [5.41, 5.74) is 4.14. The molecule has 1 aliphatic heterocycles. The molecule has 1 unspecified atom stereocenters. The van der Waals surface area contributed by atoms with Gasteiger partial charge in [0, 0.05) is 17.7 Å². The number of H-pyrrole nitrogens is 2. The molecule has 4 aromatic rings. The largest absolute Gasteiger partial charge is 0.454 e. The minimum Gasteiger partial charge on any atom is -0.454 e. The summed E-state index contributed by atoms with van der Waals surface area (Å²) >= 11 is 0. The van der Waals surface area contributed by atoms with Gasteiger partial charge in [0.05, 0.1) is 16.6 Å². The molecule has 3 aromatic carbocycles. The number of aromatic amines is 2. The molecule has 1 aliphatic rings. The molecular weight excluding hydrogens is 382 g/mol. The van der Waals surface area contributed by atoms with Gasteiger partial charge in [-0.1, -0.05) is 30.3 Å². The number of cyclic esters (lactones) is 1. The zero-order valence-electron chi connectivity index (χ0n) is 15.8. The third-order valence-corrected chi connectivity index (χ3v) is 5.19. The molecule has 0 radical (unpaired) electrons. The molecule has 0 bridgehead atoms. The van der Waals surface area contributed by atoms with Crippen molar-refractivity contribution >= 4 is 28.6 Å². The summed E-state index contributed by atoms with van der Waals surface area (Å²) in [5.74, 6) is -0.691. The Hall–Kier alpha value is -4.13. The van der Waals surface area contributed by atoms with Gasteiger partial charge in [-0.2, -0.15) is 0 Å². The molecule has 5 rings (SSSR count). The van der Waals surface area contributed by atoms with Crippen LogP contribution in [0.25, 0.3) is 11.0 Å². The van der Waals surface area contributed by atoms with Gasteiger partial charge in [-0.3, -0.25) is 4.79 Å². The fourth-order valence-corrected chi connectivity index (χ4v) is 3.70. The van der Waals surface area contributed by atoms with Crippen LogP contribution in [0.4, 0.5) is 5.69 Å². The van der Waals surface area contributed by atoms with Gasteiger partial charge in [-0.05, 0) is 47.5 Å². The lowest BCUT2D eigenvalue weighted by Crippen LogP contribution is -2.23. The maximum absolute atomic E-state index is 12.8. The Morgan fingerprint density at radius 1 is 0.933 bits per heavy atom. The lowest BCUT2D eigenvalue weighted by molar-refractivity contribution is 0.0252. The second kappa shape index (κ2) is 7.04. The molecule has 0 saturated carbocycles. The summed E-state index contributed by atoms with van der Waals surface area (Å²) in [7, 11) is 0. The highest BCUT2D eigenvalue weighted by Gasteiger charge is 2.28. The average Bonchev–Trinajstić information content (AvgIpc) is 3.13. The Balaban J connectivity index is 1.40. The second-order valence-electron chi connectivity index (χ2n) is 7.17. The van der Waals surface area contributed by atoms with E-state index in [4.69, 9.17) is 4.74 Å². The van der Waals surface area contributed by atoms with Crippen LogP contribution in [0.3, 0.4) is 0 Å². The van der Waals surface area contributed by atoms with E-state index in [9.17, 15) is 14.4 Å². The fourth-order valence-electron chi connectivity index (χ4n) is 3.70. The molecule has 2 heterocycles. The topological polar surface area (TPSA) is 104 Å². The number of nitrogens with one attached hydrogen (secondary N) is 3. The maximum atomic E-state index is 12.8. The van der Waals surface area contributed by atoms with Crippen LogP contribution in [-0.4, -0.2) is 21.8 Å². The number of anilines is 1. The molecular formula is C23H17N3O4. The van der Waals surface area contributed by atoms with Crippen LogP contribution < -0.4 is 11.0 Å². The lowest BCUT2D eigenvalue weighted by atomic mass is 9.93. The first-order chi connectivity index (χ1) is 14.6. The number of imidazole rings is 1. The van der Waals surface area contributed by atoms with Crippen LogP contribution >= 0.6 is 0 Å². The van der Waals surface area contributed by atoms with Crippen LogP contribution in [0, 0.1) is 0 Å². The van der Waals surface area contributed by atoms with Crippen molar-refractivity contribution in [1.82, 2.24) is 9.97 Å². The first-order valence-corrected chi connectivity index (χ1v) is 9.49. The zero-order chi connectivity index (χ0) is 20.7. The quantitative estimate of drug-likeness (QED) is 0.458. The summed E-state index contributed by atoms with van der Waals surface area (Å²) < 4.78 is 5.57. The Morgan fingerprint density at radius 2 is 1.73 bits per heavy atom. The molecule has 0 saturated heterocycles. The standard InChI is InChI=1S/C23H17N3O4/c27-21(24-16-7-9-18-19(12-16)26-23(29)25-18)14-6-8-17-15(10-14)11-20(30-22(17)28)13-4-2-1-3-5-13/h1-10,12,20H,11H2,(H,24,27)(H2,25,26,29). The SMILES string of the molecule is O=C(Nc1ccc2[nH]c(=O)[nH]c2c1)c1ccc2c(c1)CC(c1ccccc1)OC2=O. The summed E-state index contributed by atoms with van der Waals surface area (Å²) in [6.45, 7) is 0. The van der Waals surface area contributed by atoms with Crippen molar-refractivity contribution in [3.63, 3.8) is 0 Å². The van der Waals surface area contributed by atoms with Crippen molar-refractivity contribution in [2.45, 2.75) is 12.5 Å². The third-order valence-electron chi connectivity index (χ3n) is 5.19. The molecule has 7 nitrogen and oxygen atoms in total. The Kier molecular flexibility index (Phi) is 4.21. The van der Waals surface area contributed by atoms with Gasteiger partial charge in [0.25, 0.3) is 5.91 Å². The lowest BCUT2D eigenvalue weighted by Gasteiger charge is -2.25. The van der Waals surface area contributed by atoms with E-state index >= 15 is 0 Å². The summed E-state index contributed by atoms with van der Waals surface area (Å²) in [5, 5.41) is 2.83. The zero-order valence-corrected chi connectivity index (χ0v) is 15.8. The predicted molar refractivity (Wildman–Crippen MR) is 112 cm³/mol. The van der Waals surface area contributed by atoms with E-state index in [1.165, 1.54) is 0 Å². The number of hydrogen-bond donors (Lipinski definition) is 3. The average molecular weight is 399 g/mol. The minimum atomic E-state index is -0.390. The number of benzene rings is 3. The van der Waals surface area contributed by atoms with Gasteiger partial charge in [-0.15, -0.1) is 0 Å². The number of carbonyl (C=O) groups is 2. The number of ether oxygens (including phenoxy) is 1. The number of amides is 1. The van der Waals surface area contributed by atoms with E-state index in [1.54, 1.807) is 36.4 Å². The molecule has 3 N–H and O–H groups in total. The van der Waals surface area contributed by atoms with E-state index in [1.807, 2.05) is 30.3 Å². The summed E-state index contributed by atoms with van der Waals surface area (Å²) in [6, 6.07) is 19.6. The van der Waals surface area contributed by atoms with E-state index in [0.29, 0.717) is 34.3 Å². The Morgan fingerprint density at radius 3 is 2.57 bits per heavy atom. The second-order valence-corrected chi connectivity index (χ2v) is 7.17. The first-order valence-electron chi connectivity index (χ1n) is 9.49. The number of carbonyl (C=O) groups excluding carboxylic acids is 2. The summed E-state index contributed by atoms with van der Waals surface area (Å²) in [6.07, 6.45) is 0.125. The molecule has 30 heavy (non-hydrogen) atoms. The van der Waals surface area contributed by atoms with E-state index in [2.05, 4.69) is 15.3 Å². The van der Waals surface area contributed by atoms with Crippen molar-refractivity contribution in [3.05, 3.63) is 99.5 Å². The number of aromatic nitrogens is 2. The monoisotopic (exact) mass is 399 g/mol. The Bertz CT molecular complexity index is 1340. The number of esters is 1. The highest BCUT2D eigenvalue weighted by molar-refractivity contribution is 6.06. The molecule has 148 valence electrons. The molecule has 7 heteroatoms. The third kappa shape index (κ3) is 3.26. The summed E-state index contributed by atoms with van der Waals surface area (Å²) in [4.78, 5) is 41.9. The smallest absolute Gasteiger partial charge is 0.339 e. The van der Waals surface area contributed by atoms with Crippen molar-refractivity contribution < 1.29 is 14.3 Å². The fraction of sp³-hybridized carbons (Fsp3) is 0.0870. The van der Waals surface area contributed by atoms with Crippen molar-refractivity contribution in [2.75, 3.05) is 5.32 Å². The first kappa shape index (κ1) is 17.9. The van der Waals surface area contributed by atoms with Gasteiger partial charge in [0.15, 0.2) is 0 Å². The van der Waals surface area contributed by atoms with Crippen LogP contribution in [0.1, 0.15) is 37.9 Å². The van der Waals surface area contributed by atoms with Gasteiger partial charge in [-0.25, -0.2) is 9.59 Å². The van der Waals surface area contributed by atoms with Crippen LogP contribution in [0.5, 0.6) is 0 Å². The highest BCUT2D eigenvalue weighted by Crippen LogP contribution is 2.31. The van der Waals surface area contributed by atoms with Gasteiger partial charge >= 0.3 is 11.7 Å². The van der Waals surface area contributed by atoms with Crippen LogP contribution in [0.2, 0.25) is 0 Å². The van der Waals surface area contributed by atoms with Crippen LogP contribution in [0.15, 0.2) is 71.5 Å². The molecule has 0 spiro atoms. The predicted octanol–water partition coefficient (Wildman–Crippen LogP) is 3.56. The van der Waals surface area contributed by atoms with E-state index in [-0.39, 0.29) is 23.7 Å². The van der Waals surface area contributed by atoms with Gasteiger partial charge in [0.2, 0.25) is 0 Å². The molecule has 0 fully saturated rings. The number of fused-ring (bicyclic) bond motifs is 2. The molecule has 0 aliphatic carbocycles. The normalized spacial score (nSPS) is 15.5. The van der Waals surface area contributed by atoms with Crippen LogP contribution in [-0.2, 0) is 11.2 Å². The number of hydrogen-bond acceptors (Lipinski definition) is 4. The number of rotatable bonds is 3. The van der Waals surface area contributed by atoms with Crippen molar-refractivity contribution in [1.29, 1.82) is 0 Å². The molecule has 1 atom stereocenters. The van der Waals surface area contributed by atoms with E-state index < -0.39 is 0 Å². The Labute approximate surface area is 170 Å². The maximum Gasteiger partial charge on any atom is 0.339 e. The van der Waals surface area contributed by atoms with E-state index in [0.717, 1.165) is 11.1 Å². The molecule has 1 aromatic heterocycles. The van der Waals surface area contributed by atoms with Crippen molar-refractivity contribution in [3.8, 4) is 0 Å². The van der Waals surface area contributed by atoms with Gasteiger partial charge in [0.1, 0.15) is 6.10 Å². The highest BCUT2D eigenvalue weighted by atomic mass is 16.5. The van der Waals surface area contributed by atoms with Gasteiger partial charge < -0.3 is 20.0 Å². The minimum absolute atomic E-state index is 0.301. The van der Waals surface area contributed by atoms with Crippen molar-refractivity contribution in [2.24, 2.45) is 0 Å².